The van der Waals surface area contributed by atoms with Crippen LogP contribution in [0.3, 0.4) is 0 Å². The Morgan fingerprint density at radius 1 is 0.925 bits per heavy atom. The van der Waals surface area contributed by atoms with Crippen molar-refractivity contribution in [3.05, 3.63) is 82.5 Å². The molecule has 2 aromatic carbocycles. The molecule has 0 unspecified atom stereocenters. The van der Waals surface area contributed by atoms with Gasteiger partial charge in [-0.3, -0.25) is 4.79 Å². The summed E-state index contributed by atoms with van der Waals surface area (Å²) in [7, 11) is -1.87. The predicted molar refractivity (Wildman–Crippen MR) is 138 cm³/mol. The van der Waals surface area contributed by atoms with Crippen LogP contribution in [0.1, 0.15) is 32.6 Å². The Labute approximate surface area is 227 Å². The summed E-state index contributed by atoms with van der Waals surface area (Å²) in [6.07, 6.45) is -8.72. The number of aromatic nitrogens is 1. The first kappa shape index (κ1) is 29.4. The second-order valence-electron chi connectivity index (χ2n) is 9.62. The quantitative estimate of drug-likeness (QED) is 0.365. The van der Waals surface area contributed by atoms with E-state index in [9.17, 15) is 39.6 Å². The molecule has 6 nitrogen and oxygen atoms in total. The molecule has 1 aliphatic rings. The molecular weight excluding hydrogens is 560 g/mol. The fourth-order valence-electron chi connectivity index (χ4n) is 4.49. The van der Waals surface area contributed by atoms with E-state index in [2.05, 4.69) is 4.98 Å². The van der Waals surface area contributed by atoms with Gasteiger partial charge in [0.2, 0.25) is 0 Å². The van der Waals surface area contributed by atoms with Crippen molar-refractivity contribution in [2.24, 2.45) is 0 Å². The van der Waals surface area contributed by atoms with E-state index >= 15 is 0 Å². The fraction of sp³-hybridized carbons (Fsp3) is 0.333. The number of alkyl halides is 6. The maximum Gasteiger partial charge on any atom is 0.416 e. The van der Waals surface area contributed by atoms with Crippen molar-refractivity contribution in [1.29, 1.82) is 0 Å². The standard InChI is InChI=1S/C27H25F6N3O3S/c1-17-5-3-4-6-21(17)22-14-24(36-7-9-40(38,39)10-8-36)34-15-23(22)25(37)35(2)16-18-11-19(26(28,29)30)13-20(12-18)27(31,32)33/h3-6,11-15H,7-10,16H2,1-2H3. The van der Waals surface area contributed by atoms with Crippen LogP contribution in [0.4, 0.5) is 32.2 Å². The Bertz CT molecular complexity index is 1490. The van der Waals surface area contributed by atoms with E-state index in [1.54, 1.807) is 29.2 Å². The first-order valence-corrected chi connectivity index (χ1v) is 13.9. The Balaban J connectivity index is 1.71. The second kappa shape index (κ2) is 10.8. The molecule has 1 aromatic heterocycles. The predicted octanol–water partition coefficient (Wildman–Crippen LogP) is 5.60. The van der Waals surface area contributed by atoms with Gasteiger partial charge in [0.25, 0.3) is 5.91 Å². The summed E-state index contributed by atoms with van der Waals surface area (Å²) >= 11 is 0. The molecule has 1 amide bonds. The third kappa shape index (κ3) is 6.57. The Morgan fingerprint density at radius 3 is 2.05 bits per heavy atom. The second-order valence-corrected chi connectivity index (χ2v) is 11.9. The van der Waals surface area contributed by atoms with Gasteiger partial charge in [-0.25, -0.2) is 13.4 Å². The number of pyridine rings is 1. The Kier molecular flexibility index (Phi) is 7.90. The molecule has 13 heteroatoms. The summed E-state index contributed by atoms with van der Waals surface area (Å²) in [6, 6.07) is 10.0. The maximum absolute atomic E-state index is 13.5. The van der Waals surface area contributed by atoms with Crippen molar-refractivity contribution in [1.82, 2.24) is 9.88 Å². The monoisotopic (exact) mass is 585 g/mol. The lowest BCUT2D eigenvalue weighted by molar-refractivity contribution is -0.143. The summed E-state index contributed by atoms with van der Waals surface area (Å²) in [5.41, 5.74) is -1.24. The molecule has 1 aliphatic heterocycles. The lowest BCUT2D eigenvalue weighted by atomic mass is 9.96. The number of anilines is 1. The molecular formula is C27H25F6N3O3S. The highest BCUT2D eigenvalue weighted by atomic mass is 32.2. The molecule has 0 N–H and O–H groups in total. The number of hydrogen-bond donors (Lipinski definition) is 0. The summed E-state index contributed by atoms with van der Waals surface area (Å²) in [5.74, 6) is -0.312. The molecule has 0 spiro atoms. The minimum Gasteiger partial charge on any atom is -0.355 e. The average Bonchev–Trinajstić information content (AvgIpc) is 2.87. The summed E-state index contributed by atoms with van der Waals surface area (Å²) in [6.45, 7) is 1.73. The molecule has 0 aliphatic carbocycles. The van der Waals surface area contributed by atoms with Crippen molar-refractivity contribution in [2.45, 2.75) is 25.8 Å². The number of rotatable bonds is 5. The molecule has 1 fully saturated rings. The molecule has 0 atom stereocenters. The third-order valence-electron chi connectivity index (χ3n) is 6.64. The van der Waals surface area contributed by atoms with Crippen LogP contribution in [0.2, 0.25) is 0 Å². The first-order valence-electron chi connectivity index (χ1n) is 12.1. The number of halogens is 6. The number of carbonyl (C=O) groups is 1. The number of sulfone groups is 1. The van der Waals surface area contributed by atoms with E-state index < -0.39 is 45.8 Å². The maximum atomic E-state index is 13.5. The molecule has 0 radical (unpaired) electrons. The van der Waals surface area contributed by atoms with Crippen LogP contribution in [0, 0.1) is 6.92 Å². The van der Waals surface area contributed by atoms with Gasteiger partial charge in [0.15, 0.2) is 9.84 Å². The minimum atomic E-state index is -5.01. The topological polar surface area (TPSA) is 70.6 Å². The van der Waals surface area contributed by atoms with E-state index in [0.29, 0.717) is 29.1 Å². The highest BCUT2D eigenvalue weighted by Gasteiger charge is 2.37. The smallest absolute Gasteiger partial charge is 0.355 e. The van der Waals surface area contributed by atoms with Crippen molar-refractivity contribution in [3.8, 4) is 11.1 Å². The fourth-order valence-corrected chi connectivity index (χ4v) is 5.69. The lowest BCUT2D eigenvalue weighted by Crippen LogP contribution is -2.40. The van der Waals surface area contributed by atoms with Crippen molar-refractivity contribution in [3.63, 3.8) is 0 Å². The van der Waals surface area contributed by atoms with E-state index in [1.807, 2.05) is 13.0 Å². The molecule has 1 saturated heterocycles. The number of aryl methyl sites for hydroxylation is 1. The van der Waals surface area contributed by atoms with E-state index in [1.165, 1.54) is 13.2 Å². The molecule has 214 valence electrons. The van der Waals surface area contributed by atoms with E-state index in [4.69, 9.17) is 0 Å². The molecule has 0 bridgehead atoms. The normalized spacial score (nSPS) is 15.7. The summed E-state index contributed by atoms with van der Waals surface area (Å²) in [5, 5.41) is 0. The highest BCUT2D eigenvalue weighted by Crippen LogP contribution is 2.37. The van der Waals surface area contributed by atoms with Crippen LogP contribution in [0.15, 0.2) is 54.7 Å². The molecule has 4 rings (SSSR count). The molecule has 40 heavy (non-hydrogen) atoms. The van der Waals surface area contributed by atoms with Crippen LogP contribution in [0.25, 0.3) is 11.1 Å². The van der Waals surface area contributed by atoms with Gasteiger partial charge in [-0.15, -0.1) is 0 Å². The van der Waals surface area contributed by atoms with Gasteiger partial charge in [-0.05, 0) is 53.4 Å². The highest BCUT2D eigenvalue weighted by molar-refractivity contribution is 7.91. The SMILES string of the molecule is Cc1ccccc1-c1cc(N2CCS(=O)(=O)CC2)ncc1C(=O)N(C)Cc1cc(C(F)(F)F)cc(C(F)(F)F)c1. The van der Waals surface area contributed by atoms with Gasteiger partial charge in [-0.2, -0.15) is 26.3 Å². The lowest BCUT2D eigenvalue weighted by Gasteiger charge is -2.29. The van der Waals surface area contributed by atoms with Crippen LogP contribution >= 0.6 is 0 Å². The summed E-state index contributed by atoms with van der Waals surface area (Å²) < 4.78 is 104. The van der Waals surface area contributed by atoms with Crippen LogP contribution < -0.4 is 4.90 Å². The largest absolute Gasteiger partial charge is 0.416 e. The number of nitrogens with zero attached hydrogens (tertiary/aromatic N) is 3. The van der Waals surface area contributed by atoms with Gasteiger partial charge < -0.3 is 9.80 Å². The van der Waals surface area contributed by atoms with E-state index in [0.717, 1.165) is 10.5 Å². The number of benzene rings is 2. The third-order valence-corrected chi connectivity index (χ3v) is 8.25. The van der Waals surface area contributed by atoms with Crippen molar-refractivity contribution >= 4 is 21.6 Å². The first-order chi connectivity index (χ1) is 18.5. The van der Waals surface area contributed by atoms with Gasteiger partial charge in [0.1, 0.15) is 5.82 Å². The van der Waals surface area contributed by atoms with Crippen LogP contribution in [-0.2, 0) is 28.7 Å². The molecule has 3 aromatic rings. The zero-order chi connectivity index (χ0) is 29.5. The summed E-state index contributed by atoms with van der Waals surface area (Å²) in [4.78, 5) is 20.7. The minimum absolute atomic E-state index is 0.0378. The van der Waals surface area contributed by atoms with Gasteiger partial charge >= 0.3 is 12.4 Å². The van der Waals surface area contributed by atoms with Crippen molar-refractivity contribution < 1.29 is 39.6 Å². The van der Waals surface area contributed by atoms with E-state index in [-0.39, 0.29) is 41.8 Å². The zero-order valence-corrected chi connectivity index (χ0v) is 22.3. The Morgan fingerprint density at radius 2 is 1.50 bits per heavy atom. The van der Waals surface area contributed by atoms with Gasteiger partial charge in [0.05, 0.1) is 28.2 Å². The number of carbonyl (C=O) groups excluding carboxylic acids is 1. The van der Waals surface area contributed by atoms with Gasteiger partial charge in [0, 0.05) is 32.9 Å². The van der Waals surface area contributed by atoms with Crippen LogP contribution in [-0.4, -0.2) is 55.9 Å². The average molecular weight is 586 g/mol. The van der Waals surface area contributed by atoms with Crippen molar-refractivity contribution in [2.75, 3.05) is 36.5 Å². The number of hydrogen-bond acceptors (Lipinski definition) is 5. The van der Waals surface area contributed by atoms with Gasteiger partial charge in [-0.1, -0.05) is 24.3 Å². The Hall–Kier alpha value is -3.61. The molecule has 0 saturated carbocycles. The molecule has 2 heterocycles. The number of amides is 1. The zero-order valence-electron chi connectivity index (χ0n) is 21.5. The van der Waals surface area contributed by atoms with Crippen LogP contribution in [0.5, 0.6) is 0 Å².